The van der Waals surface area contributed by atoms with E-state index in [4.69, 9.17) is 9.47 Å². The molecule has 1 aromatic rings. The molecule has 4 aliphatic carbocycles. The second kappa shape index (κ2) is 9.42. The number of carbonyl (C=O) groups excluding carboxylic acids is 1. The van der Waals surface area contributed by atoms with E-state index in [9.17, 15) is 9.90 Å². The molecule has 8 atom stereocenters. The second-order valence-corrected chi connectivity index (χ2v) is 13.6. The molecule has 5 rings (SSSR count). The summed E-state index contributed by atoms with van der Waals surface area (Å²) in [6, 6.07) is 10.6. The number of esters is 1. The van der Waals surface area contributed by atoms with Crippen molar-refractivity contribution >= 4 is 5.97 Å². The van der Waals surface area contributed by atoms with E-state index in [1.54, 1.807) is 0 Å². The van der Waals surface area contributed by atoms with Gasteiger partial charge in [-0.15, -0.1) is 0 Å². The van der Waals surface area contributed by atoms with Gasteiger partial charge in [0.15, 0.2) is 0 Å². The molecule has 0 unspecified atom stereocenters. The molecule has 0 radical (unpaired) electrons. The first kappa shape index (κ1) is 26.2. The maximum Gasteiger partial charge on any atom is 0.314 e. The quantitative estimate of drug-likeness (QED) is 0.434. The zero-order chi connectivity index (χ0) is 25.8. The highest BCUT2D eigenvalue weighted by Crippen LogP contribution is 2.68. The molecule has 0 bridgehead atoms. The van der Waals surface area contributed by atoms with Crippen LogP contribution in [0.3, 0.4) is 0 Å². The van der Waals surface area contributed by atoms with Crippen LogP contribution in [-0.4, -0.2) is 29.4 Å². The summed E-state index contributed by atoms with van der Waals surface area (Å²) in [6.45, 7) is 11.7. The number of fused-ring (bicyclic) bond motifs is 5. The van der Waals surface area contributed by atoms with Crippen molar-refractivity contribution in [3.8, 4) is 0 Å². The van der Waals surface area contributed by atoms with Crippen LogP contribution >= 0.6 is 0 Å². The van der Waals surface area contributed by atoms with E-state index in [-0.39, 0.29) is 16.8 Å². The third-order valence-electron chi connectivity index (χ3n) is 11.9. The summed E-state index contributed by atoms with van der Waals surface area (Å²) in [5.74, 6) is 2.44. The first-order chi connectivity index (χ1) is 17.0. The van der Waals surface area contributed by atoms with Crippen molar-refractivity contribution in [3.05, 3.63) is 35.9 Å². The van der Waals surface area contributed by atoms with Gasteiger partial charge in [0.25, 0.3) is 0 Å². The average molecular weight is 497 g/mol. The van der Waals surface area contributed by atoms with E-state index in [1.165, 1.54) is 44.1 Å². The van der Waals surface area contributed by atoms with Crippen LogP contribution in [0.2, 0.25) is 0 Å². The second-order valence-electron chi connectivity index (χ2n) is 13.6. The minimum Gasteiger partial charge on any atom is -0.465 e. The van der Waals surface area contributed by atoms with Crippen molar-refractivity contribution in [2.24, 2.45) is 39.9 Å². The van der Waals surface area contributed by atoms with Crippen molar-refractivity contribution in [1.82, 2.24) is 0 Å². The van der Waals surface area contributed by atoms with Gasteiger partial charge < -0.3 is 14.6 Å². The molecule has 1 aromatic carbocycles. The Hall–Kier alpha value is -1.39. The summed E-state index contributed by atoms with van der Waals surface area (Å²) in [5.41, 5.74) is -0.0544. The van der Waals surface area contributed by atoms with Gasteiger partial charge >= 0.3 is 5.97 Å². The molecule has 200 valence electrons. The molecular formula is C32H48O4. The molecule has 4 fully saturated rings. The fourth-order valence-electron chi connectivity index (χ4n) is 9.31. The number of ether oxygens (including phenoxy) is 2. The molecule has 0 heterocycles. The number of benzene rings is 1. The van der Waals surface area contributed by atoms with Crippen molar-refractivity contribution in [2.45, 2.75) is 111 Å². The van der Waals surface area contributed by atoms with Gasteiger partial charge in [-0.2, -0.15) is 0 Å². The zero-order valence-corrected chi connectivity index (χ0v) is 23.2. The molecular weight excluding hydrogens is 448 g/mol. The van der Waals surface area contributed by atoms with Crippen LogP contribution in [0.4, 0.5) is 0 Å². The average Bonchev–Trinajstić information content (AvgIpc) is 3.20. The summed E-state index contributed by atoms with van der Waals surface area (Å²) in [5, 5.41) is 11.8. The van der Waals surface area contributed by atoms with Gasteiger partial charge in [0, 0.05) is 0 Å². The summed E-state index contributed by atoms with van der Waals surface area (Å²) in [4.78, 5) is 12.8. The highest BCUT2D eigenvalue weighted by molar-refractivity contribution is 5.77. The minimum atomic E-state index is -0.983. The molecule has 4 saturated carbocycles. The molecule has 0 aliphatic heterocycles. The lowest BCUT2D eigenvalue weighted by atomic mass is 9.43. The number of aliphatic hydroxyl groups is 1. The van der Waals surface area contributed by atoms with Crippen molar-refractivity contribution in [1.29, 1.82) is 0 Å². The van der Waals surface area contributed by atoms with Crippen LogP contribution in [-0.2, 0) is 20.9 Å². The summed E-state index contributed by atoms with van der Waals surface area (Å²) in [6.07, 6.45) is 10.2. The molecule has 0 aromatic heterocycles. The van der Waals surface area contributed by atoms with Gasteiger partial charge in [-0.25, -0.2) is 0 Å². The Bertz CT molecular complexity index is 943. The lowest BCUT2D eigenvalue weighted by Crippen LogP contribution is -2.60. The monoisotopic (exact) mass is 496 g/mol. The molecule has 4 heteroatoms. The van der Waals surface area contributed by atoms with E-state index < -0.39 is 11.0 Å². The lowest BCUT2D eigenvalue weighted by molar-refractivity contribution is -0.200. The third kappa shape index (κ3) is 4.06. The van der Waals surface area contributed by atoms with Crippen LogP contribution in [0.15, 0.2) is 30.3 Å². The van der Waals surface area contributed by atoms with E-state index in [0.717, 1.165) is 37.2 Å². The van der Waals surface area contributed by atoms with E-state index >= 15 is 0 Å². The number of rotatable bonds is 6. The topological polar surface area (TPSA) is 55.8 Å². The van der Waals surface area contributed by atoms with Gasteiger partial charge in [0.05, 0.1) is 30.3 Å². The molecule has 4 aliphatic rings. The Morgan fingerprint density at radius 2 is 1.69 bits per heavy atom. The van der Waals surface area contributed by atoms with E-state index in [1.807, 2.05) is 20.8 Å². The van der Waals surface area contributed by atoms with Crippen LogP contribution in [0, 0.1) is 39.9 Å². The third-order valence-corrected chi connectivity index (χ3v) is 11.9. The van der Waals surface area contributed by atoms with Crippen LogP contribution in [0.25, 0.3) is 0 Å². The van der Waals surface area contributed by atoms with Gasteiger partial charge in [0.1, 0.15) is 0 Å². The molecule has 1 N–H and O–H groups in total. The normalized spacial score (nSPS) is 42.2. The molecule has 0 spiro atoms. The number of carbonyl (C=O) groups is 1. The summed E-state index contributed by atoms with van der Waals surface area (Å²) >= 11 is 0. The lowest BCUT2D eigenvalue weighted by Gasteiger charge is -2.63. The van der Waals surface area contributed by atoms with Crippen molar-refractivity contribution in [2.75, 3.05) is 6.61 Å². The van der Waals surface area contributed by atoms with Crippen molar-refractivity contribution in [3.63, 3.8) is 0 Å². The smallest absolute Gasteiger partial charge is 0.314 e. The Balaban J connectivity index is 1.29. The van der Waals surface area contributed by atoms with E-state index in [2.05, 4.69) is 44.2 Å². The maximum absolute atomic E-state index is 12.8. The SMILES string of the molecule is CCOC(=O)C(C)(C)[C@]1(O)CC[C@@]2(C)[C@@H](CC[C@H]3[C@H]4CC[C@H](OCc5ccccc5)[C@@]4(C)CC[C@@H]32)C1. The number of hydrogen-bond acceptors (Lipinski definition) is 4. The highest BCUT2D eigenvalue weighted by atomic mass is 16.5. The Morgan fingerprint density at radius 3 is 2.42 bits per heavy atom. The fourth-order valence-corrected chi connectivity index (χ4v) is 9.31. The first-order valence-corrected chi connectivity index (χ1v) is 14.6. The van der Waals surface area contributed by atoms with Gasteiger partial charge in [-0.05, 0) is 119 Å². The molecule has 0 amide bonds. The first-order valence-electron chi connectivity index (χ1n) is 14.6. The van der Waals surface area contributed by atoms with Crippen molar-refractivity contribution < 1.29 is 19.4 Å². The Labute approximate surface area is 218 Å². The van der Waals surface area contributed by atoms with Gasteiger partial charge in [-0.1, -0.05) is 44.2 Å². The summed E-state index contributed by atoms with van der Waals surface area (Å²) in [7, 11) is 0. The fraction of sp³-hybridized carbons (Fsp3) is 0.781. The molecule has 0 saturated heterocycles. The predicted molar refractivity (Wildman–Crippen MR) is 142 cm³/mol. The van der Waals surface area contributed by atoms with Crippen LogP contribution in [0.5, 0.6) is 0 Å². The minimum absolute atomic E-state index is 0.254. The van der Waals surface area contributed by atoms with Gasteiger partial charge in [-0.3, -0.25) is 4.79 Å². The summed E-state index contributed by atoms with van der Waals surface area (Å²) < 4.78 is 12.0. The predicted octanol–water partition coefficient (Wildman–Crippen LogP) is 6.93. The van der Waals surface area contributed by atoms with Crippen LogP contribution < -0.4 is 0 Å². The zero-order valence-electron chi connectivity index (χ0n) is 23.2. The largest absolute Gasteiger partial charge is 0.465 e. The molecule has 4 nitrogen and oxygen atoms in total. The van der Waals surface area contributed by atoms with E-state index in [0.29, 0.717) is 25.0 Å². The van der Waals surface area contributed by atoms with Crippen LogP contribution in [0.1, 0.15) is 98.0 Å². The standard InChI is InChI=1S/C32H48O4/c1-6-35-28(33)29(2,3)32(34)19-18-30(4)23(20-32)12-13-24-25-14-15-27(31(25,5)17-16-26(24)30)36-21-22-10-8-7-9-11-22/h7-11,23-27,34H,6,12-21H2,1-5H3/t23-,24-,25+,26-,27-,30-,31-,32-/m0/s1. The number of hydrogen-bond donors (Lipinski definition) is 1. The Kier molecular flexibility index (Phi) is 6.86. The maximum atomic E-state index is 12.8. The highest BCUT2D eigenvalue weighted by Gasteiger charge is 2.63. The Morgan fingerprint density at radius 1 is 0.972 bits per heavy atom. The van der Waals surface area contributed by atoms with Gasteiger partial charge in [0.2, 0.25) is 0 Å². The molecule has 36 heavy (non-hydrogen) atoms.